The molecule has 6 heteroatoms. The Balaban J connectivity index is 1.32. The first kappa shape index (κ1) is 18.6. The Hall–Kier alpha value is -1.72. The number of furan rings is 1. The predicted molar refractivity (Wildman–Crippen MR) is 106 cm³/mol. The van der Waals surface area contributed by atoms with Crippen LogP contribution in [0.25, 0.3) is 11.0 Å². The topological polar surface area (TPSA) is 45.9 Å². The summed E-state index contributed by atoms with van der Waals surface area (Å²) in [6, 6.07) is 6.49. The van der Waals surface area contributed by atoms with Crippen LogP contribution in [0.2, 0.25) is 5.02 Å². The average molecular weight is 391 g/mol. The molecule has 3 heterocycles. The second-order valence-corrected chi connectivity index (χ2v) is 8.00. The number of likely N-dealkylation sites (tertiary alicyclic amines) is 2. The van der Waals surface area contributed by atoms with Crippen molar-refractivity contribution < 1.29 is 13.9 Å². The van der Waals surface area contributed by atoms with Crippen LogP contribution in [-0.4, -0.2) is 54.7 Å². The van der Waals surface area contributed by atoms with Crippen molar-refractivity contribution >= 4 is 28.7 Å². The second-order valence-electron chi connectivity index (χ2n) is 7.56. The molecular weight excluding hydrogens is 364 g/mol. The second kappa shape index (κ2) is 8.11. The molecule has 0 aliphatic carbocycles. The quantitative estimate of drug-likeness (QED) is 0.748. The van der Waals surface area contributed by atoms with E-state index in [0.29, 0.717) is 23.6 Å². The van der Waals surface area contributed by atoms with Crippen molar-refractivity contribution in [3.8, 4) is 0 Å². The van der Waals surface area contributed by atoms with Gasteiger partial charge in [0.25, 0.3) is 0 Å². The molecule has 5 nitrogen and oxygen atoms in total. The van der Waals surface area contributed by atoms with Gasteiger partial charge in [-0.25, -0.2) is 4.79 Å². The summed E-state index contributed by atoms with van der Waals surface area (Å²) in [6.07, 6.45) is 6.12. The Morgan fingerprint density at radius 3 is 2.63 bits per heavy atom. The molecule has 2 aliphatic rings. The molecule has 0 N–H and O–H groups in total. The van der Waals surface area contributed by atoms with Gasteiger partial charge in [-0.1, -0.05) is 11.6 Å². The van der Waals surface area contributed by atoms with Gasteiger partial charge in [0.05, 0.1) is 12.9 Å². The summed E-state index contributed by atoms with van der Waals surface area (Å²) in [5.74, 6) is 0.545. The highest BCUT2D eigenvalue weighted by Gasteiger charge is 2.31. The van der Waals surface area contributed by atoms with Gasteiger partial charge in [0.2, 0.25) is 0 Å². The minimum absolute atomic E-state index is 0.165. The highest BCUT2D eigenvalue weighted by molar-refractivity contribution is 6.31. The molecule has 2 saturated heterocycles. The number of benzene rings is 1. The molecule has 0 atom stereocenters. The van der Waals surface area contributed by atoms with Crippen LogP contribution in [0.1, 0.15) is 44.1 Å². The largest absolute Gasteiger partial charge is 0.464 e. The number of amides is 1. The van der Waals surface area contributed by atoms with Crippen molar-refractivity contribution in [2.75, 3.05) is 32.8 Å². The number of rotatable bonds is 3. The molecular formula is C21H27ClN2O3. The zero-order chi connectivity index (χ0) is 18.8. The number of nitrogens with zero attached hydrogens (tertiary/aromatic N) is 2. The SMILES string of the molecule is CCOC(=O)N1CCC(N2CCC(c3coc4cc(Cl)ccc34)CC2)CC1. The maximum atomic E-state index is 11.9. The van der Waals surface area contributed by atoms with Gasteiger partial charge in [-0.3, -0.25) is 0 Å². The minimum atomic E-state index is -0.165. The van der Waals surface area contributed by atoms with Crippen LogP contribution in [0.4, 0.5) is 4.79 Å². The molecule has 146 valence electrons. The molecule has 0 bridgehead atoms. The van der Waals surface area contributed by atoms with E-state index in [1.54, 1.807) is 0 Å². The van der Waals surface area contributed by atoms with E-state index in [1.807, 2.05) is 30.2 Å². The number of fused-ring (bicyclic) bond motifs is 1. The van der Waals surface area contributed by atoms with Crippen LogP contribution >= 0.6 is 11.6 Å². The molecule has 0 saturated carbocycles. The molecule has 0 unspecified atom stereocenters. The van der Waals surface area contributed by atoms with Crippen molar-refractivity contribution in [1.29, 1.82) is 0 Å². The van der Waals surface area contributed by atoms with Gasteiger partial charge < -0.3 is 19.0 Å². The Kier molecular flexibility index (Phi) is 5.60. The fourth-order valence-corrected chi connectivity index (χ4v) is 4.70. The number of hydrogen-bond donors (Lipinski definition) is 0. The monoisotopic (exact) mass is 390 g/mol. The van der Waals surface area contributed by atoms with Crippen molar-refractivity contribution in [2.24, 2.45) is 0 Å². The Bertz CT molecular complexity index is 790. The highest BCUT2D eigenvalue weighted by atomic mass is 35.5. The Morgan fingerprint density at radius 2 is 1.93 bits per heavy atom. The van der Waals surface area contributed by atoms with Crippen LogP contribution in [-0.2, 0) is 4.74 Å². The first-order chi connectivity index (χ1) is 13.2. The van der Waals surface area contributed by atoms with E-state index in [4.69, 9.17) is 20.8 Å². The van der Waals surface area contributed by atoms with Gasteiger partial charge in [-0.2, -0.15) is 0 Å². The third kappa shape index (κ3) is 3.94. The summed E-state index contributed by atoms with van der Waals surface area (Å²) in [6.45, 7) is 6.12. The number of carbonyl (C=O) groups excluding carboxylic acids is 1. The molecule has 2 aromatic rings. The molecule has 1 aromatic heterocycles. The van der Waals surface area contributed by atoms with E-state index >= 15 is 0 Å². The number of hydrogen-bond acceptors (Lipinski definition) is 4. The first-order valence-electron chi connectivity index (χ1n) is 9.98. The summed E-state index contributed by atoms with van der Waals surface area (Å²) in [4.78, 5) is 16.3. The first-order valence-corrected chi connectivity index (χ1v) is 10.4. The minimum Gasteiger partial charge on any atom is -0.464 e. The summed E-state index contributed by atoms with van der Waals surface area (Å²) in [5.41, 5.74) is 2.20. The van der Waals surface area contributed by atoms with Crippen molar-refractivity contribution in [2.45, 2.75) is 44.6 Å². The molecule has 4 rings (SSSR count). The van der Waals surface area contributed by atoms with Gasteiger partial charge in [0.15, 0.2) is 0 Å². The van der Waals surface area contributed by atoms with Gasteiger partial charge in [-0.15, -0.1) is 0 Å². The summed E-state index contributed by atoms with van der Waals surface area (Å²) in [5, 5.41) is 1.91. The van der Waals surface area contributed by atoms with Crippen LogP contribution in [0.3, 0.4) is 0 Å². The van der Waals surface area contributed by atoms with Gasteiger partial charge >= 0.3 is 6.09 Å². The number of halogens is 1. The summed E-state index contributed by atoms with van der Waals surface area (Å²) in [7, 11) is 0. The van der Waals surface area contributed by atoms with Gasteiger partial charge in [0, 0.05) is 35.1 Å². The molecule has 1 amide bonds. The summed E-state index contributed by atoms with van der Waals surface area (Å²) < 4.78 is 10.8. The summed E-state index contributed by atoms with van der Waals surface area (Å²) >= 11 is 6.07. The van der Waals surface area contributed by atoms with E-state index in [-0.39, 0.29) is 6.09 Å². The molecule has 1 aromatic carbocycles. The maximum absolute atomic E-state index is 11.9. The Morgan fingerprint density at radius 1 is 1.19 bits per heavy atom. The lowest BCUT2D eigenvalue weighted by Gasteiger charge is -2.41. The smallest absolute Gasteiger partial charge is 0.409 e. The zero-order valence-electron chi connectivity index (χ0n) is 15.8. The third-order valence-corrected chi connectivity index (χ3v) is 6.28. The predicted octanol–water partition coefficient (Wildman–Crippen LogP) is 4.89. The number of ether oxygens (including phenoxy) is 1. The standard InChI is InChI=1S/C21H27ClN2O3/c1-2-26-21(25)24-11-7-17(8-12-24)23-9-5-15(6-10-23)19-14-27-20-13-16(22)3-4-18(19)20/h3-4,13-15,17H,2,5-12H2,1H3. The van der Waals surface area contributed by atoms with Crippen molar-refractivity contribution in [3.63, 3.8) is 0 Å². The normalized spacial score (nSPS) is 20.3. The molecule has 2 aliphatic heterocycles. The van der Waals surface area contributed by atoms with E-state index in [1.165, 1.54) is 10.9 Å². The van der Waals surface area contributed by atoms with E-state index in [2.05, 4.69) is 11.0 Å². The molecule has 2 fully saturated rings. The molecule has 27 heavy (non-hydrogen) atoms. The third-order valence-electron chi connectivity index (χ3n) is 6.04. The lowest BCUT2D eigenvalue weighted by atomic mass is 9.88. The van der Waals surface area contributed by atoms with E-state index in [9.17, 15) is 4.79 Å². The lowest BCUT2D eigenvalue weighted by Crippen LogP contribution is -2.48. The van der Waals surface area contributed by atoms with E-state index in [0.717, 1.165) is 57.4 Å². The molecule has 0 radical (unpaired) electrons. The number of piperidine rings is 2. The average Bonchev–Trinajstić information content (AvgIpc) is 3.11. The molecule has 0 spiro atoms. The zero-order valence-corrected chi connectivity index (χ0v) is 16.6. The fraction of sp³-hybridized carbons (Fsp3) is 0.571. The van der Waals surface area contributed by atoms with Crippen molar-refractivity contribution in [1.82, 2.24) is 9.80 Å². The van der Waals surface area contributed by atoms with Crippen LogP contribution in [0.5, 0.6) is 0 Å². The van der Waals surface area contributed by atoms with Crippen LogP contribution < -0.4 is 0 Å². The van der Waals surface area contributed by atoms with Crippen molar-refractivity contribution in [3.05, 3.63) is 35.0 Å². The fourth-order valence-electron chi connectivity index (χ4n) is 4.54. The highest BCUT2D eigenvalue weighted by Crippen LogP contribution is 2.36. The van der Waals surface area contributed by atoms with Crippen LogP contribution in [0, 0.1) is 0 Å². The number of carbonyl (C=O) groups is 1. The maximum Gasteiger partial charge on any atom is 0.409 e. The van der Waals surface area contributed by atoms with Crippen LogP contribution in [0.15, 0.2) is 28.9 Å². The lowest BCUT2D eigenvalue weighted by molar-refractivity contribution is 0.0663. The van der Waals surface area contributed by atoms with E-state index < -0.39 is 0 Å². The van der Waals surface area contributed by atoms with Gasteiger partial charge in [0.1, 0.15) is 5.58 Å². The Labute approximate surface area is 165 Å². The van der Waals surface area contributed by atoms with Gasteiger partial charge in [-0.05, 0) is 69.8 Å².